The van der Waals surface area contributed by atoms with Crippen LogP contribution in [-0.4, -0.2) is 21.5 Å². The first-order valence-electron chi connectivity index (χ1n) is 6.60. The summed E-state index contributed by atoms with van der Waals surface area (Å²) >= 11 is 7.78. The van der Waals surface area contributed by atoms with Gasteiger partial charge in [-0.15, -0.1) is 0 Å². The van der Waals surface area contributed by atoms with E-state index >= 15 is 0 Å². The molecular formula is C15H17ClN2O2S. The number of carboxylic acids is 1. The summed E-state index contributed by atoms with van der Waals surface area (Å²) in [4.78, 5) is 16.1. The van der Waals surface area contributed by atoms with Gasteiger partial charge in [0.1, 0.15) is 6.04 Å². The Morgan fingerprint density at radius 2 is 2.10 bits per heavy atom. The van der Waals surface area contributed by atoms with Crippen molar-refractivity contribution >= 4 is 34.5 Å². The molecule has 1 aromatic rings. The zero-order valence-corrected chi connectivity index (χ0v) is 13.6. The number of hydrogen-bond donors (Lipinski definition) is 2. The Morgan fingerprint density at radius 1 is 1.43 bits per heavy atom. The largest absolute Gasteiger partial charge is 0.478 e. The van der Waals surface area contributed by atoms with E-state index in [-0.39, 0.29) is 5.57 Å². The zero-order valence-electron chi connectivity index (χ0n) is 12.1. The third-order valence-electron chi connectivity index (χ3n) is 3.00. The number of nitrogens with one attached hydrogen (secondary N) is 1. The van der Waals surface area contributed by atoms with Gasteiger partial charge >= 0.3 is 5.97 Å². The van der Waals surface area contributed by atoms with E-state index < -0.39 is 12.0 Å². The predicted octanol–water partition coefficient (Wildman–Crippen LogP) is 3.84. The van der Waals surface area contributed by atoms with E-state index in [4.69, 9.17) is 11.6 Å². The second kappa shape index (κ2) is 6.54. The fraction of sp³-hybridized carbons (Fsp3) is 0.333. The van der Waals surface area contributed by atoms with E-state index in [0.717, 1.165) is 5.17 Å². The lowest BCUT2D eigenvalue weighted by atomic mass is 9.97. The Labute approximate surface area is 133 Å². The molecule has 1 heterocycles. The van der Waals surface area contributed by atoms with Crippen molar-refractivity contribution in [1.82, 2.24) is 5.32 Å². The summed E-state index contributed by atoms with van der Waals surface area (Å²) in [7, 11) is 0. The number of nitrogens with zero attached hydrogens (tertiary/aromatic N) is 1. The number of thioether (sulfide) groups is 1. The molecule has 0 fully saturated rings. The van der Waals surface area contributed by atoms with Crippen molar-refractivity contribution in [3.8, 4) is 0 Å². The van der Waals surface area contributed by atoms with Crippen molar-refractivity contribution in [2.75, 3.05) is 0 Å². The Bertz CT molecular complexity index is 626. The van der Waals surface area contributed by atoms with Crippen LogP contribution in [0.5, 0.6) is 0 Å². The molecule has 0 aromatic heterocycles. The molecule has 0 spiro atoms. The Balaban J connectivity index is 2.49. The molecule has 1 aromatic carbocycles. The van der Waals surface area contributed by atoms with Gasteiger partial charge in [-0.3, -0.25) is 0 Å². The highest BCUT2D eigenvalue weighted by molar-refractivity contribution is 8.14. The van der Waals surface area contributed by atoms with Crippen molar-refractivity contribution in [3.63, 3.8) is 0 Å². The van der Waals surface area contributed by atoms with Gasteiger partial charge in [0.25, 0.3) is 0 Å². The number of allylic oxidation sites excluding steroid dienone is 1. The van der Waals surface area contributed by atoms with Gasteiger partial charge < -0.3 is 10.4 Å². The molecule has 6 heteroatoms. The lowest BCUT2D eigenvalue weighted by molar-refractivity contribution is -0.133. The number of aliphatic carboxylic acids is 1. The van der Waals surface area contributed by atoms with Gasteiger partial charge in [-0.1, -0.05) is 55.4 Å². The number of aliphatic imine (C=N–C) groups is 1. The summed E-state index contributed by atoms with van der Waals surface area (Å²) in [5, 5.41) is 14.1. The van der Waals surface area contributed by atoms with Crippen molar-refractivity contribution in [1.29, 1.82) is 0 Å². The number of carboxylic acid groups (broad SMARTS) is 1. The maximum absolute atomic E-state index is 11.6. The lowest BCUT2D eigenvalue weighted by Gasteiger charge is -2.25. The normalized spacial score (nSPS) is 18.5. The molecule has 0 saturated heterocycles. The molecule has 2 rings (SSSR count). The second-order valence-electron chi connectivity index (χ2n) is 4.99. The minimum Gasteiger partial charge on any atom is -0.478 e. The molecule has 0 bridgehead atoms. The standard InChI is InChI=1S/C15H17ClN2O2S/c1-8(2)21-15-17-9(3)12(14(19)20)13(18-15)10-6-4-5-7-11(10)16/h4-8,13H,1-3H3,(H,17,18)(H,19,20). The highest BCUT2D eigenvalue weighted by Gasteiger charge is 2.30. The number of amidine groups is 1. The average molecular weight is 325 g/mol. The molecule has 1 unspecified atom stereocenters. The van der Waals surface area contributed by atoms with E-state index in [1.807, 2.05) is 18.2 Å². The van der Waals surface area contributed by atoms with Crippen LogP contribution < -0.4 is 5.32 Å². The fourth-order valence-corrected chi connectivity index (χ4v) is 3.19. The molecule has 2 N–H and O–H groups in total. The molecular weight excluding hydrogens is 308 g/mol. The van der Waals surface area contributed by atoms with E-state index in [9.17, 15) is 9.90 Å². The van der Waals surface area contributed by atoms with Crippen LogP contribution in [0.1, 0.15) is 32.4 Å². The summed E-state index contributed by atoms with van der Waals surface area (Å²) in [5.74, 6) is -0.984. The van der Waals surface area contributed by atoms with Crippen LogP contribution in [0.25, 0.3) is 0 Å². The van der Waals surface area contributed by atoms with Gasteiger partial charge in [0.2, 0.25) is 0 Å². The van der Waals surface area contributed by atoms with Crippen LogP contribution in [-0.2, 0) is 4.79 Å². The Hall–Kier alpha value is -1.46. The van der Waals surface area contributed by atoms with Crippen LogP contribution in [0.3, 0.4) is 0 Å². The van der Waals surface area contributed by atoms with Crippen molar-refractivity contribution in [2.24, 2.45) is 4.99 Å². The van der Waals surface area contributed by atoms with Crippen molar-refractivity contribution in [3.05, 3.63) is 46.1 Å². The lowest BCUT2D eigenvalue weighted by Crippen LogP contribution is -2.30. The van der Waals surface area contributed by atoms with Crippen LogP contribution in [0.15, 0.2) is 40.5 Å². The molecule has 0 aliphatic carbocycles. The number of rotatable bonds is 3. The van der Waals surface area contributed by atoms with Crippen LogP contribution in [0.2, 0.25) is 5.02 Å². The average Bonchev–Trinajstić information content (AvgIpc) is 2.37. The van der Waals surface area contributed by atoms with E-state index in [1.54, 1.807) is 24.8 Å². The van der Waals surface area contributed by atoms with Gasteiger partial charge in [0.05, 0.1) is 5.57 Å². The van der Waals surface area contributed by atoms with E-state index in [2.05, 4.69) is 24.2 Å². The summed E-state index contributed by atoms with van der Waals surface area (Å²) in [5.41, 5.74) is 1.54. The SMILES string of the molecule is CC1=C(C(=O)O)C(c2ccccc2Cl)N=C(SC(C)C)N1. The molecule has 1 aliphatic rings. The summed E-state index contributed by atoms with van der Waals surface area (Å²) in [6.45, 7) is 5.87. The third kappa shape index (κ3) is 3.60. The third-order valence-corrected chi connectivity index (χ3v) is 4.24. The van der Waals surface area contributed by atoms with Crippen molar-refractivity contribution in [2.45, 2.75) is 32.1 Å². The molecule has 21 heavy (non-hydrogen) atoms. The molecule has 1 atom stereocenters. The Kier molecular flexibility index (Phi) is 4.96. The van der Waals surface area contributed by atoms with Gasteiger partial charge in [0, 0.05) is 21.5 Å². The highest BCUT2D eigenvalue weighted by Crippen LogP contribution is 2.36. The maximum Gasteiger partial charge on any atom is 0.335 e. The molecule has 112 valence electrons. The fourth-order valence-electron chi connectivity index (χ4n) is 2.13. The van der Waals surface area contributed by atoms with Crippen molar-refractivity contribution < 1.29 is 9.90 Å². The van der Waals surface area contributed by atoms with E-state index in [1.165, 1.54) is 0 Å². The van der Waals surface area contributed by atoms with Crippen LogP contribution in [0, 0.1) is 0 Å². The first-order chi connectivity index (χ1) is 9.90. The van der Waals surface area contributed by atoms with E-state index in [0.29, 0.717) is 21.5 Å². The molecule has 1 aliphatic heterocycles. The minimum absolute atomic E-state index is 0.233. The van der Waals surface area contributed by atoms with Gasteiger partial charge in [-0.2, -0.15) is 0 Å². The number of hydrogen-bond acceptors (Lipinski definition) is 4. The molecule has 0 radical (unpaired) electrons. The summed E-state index contributed by atoms with van der Waals surface area (Å²) in [6, 6.07) is 6.63. The first-order valence-corrected chi connectivity index (χ1v) is 7.86. The minimum atomic E-state index is -0.984. The van der Waals surface area contributed by atoms with Gasteiger partial charge in [-0.25, -0.2) is 9.79 Å². The van der Waals surface area contributed by atoms with Gasteiger partial charge in [-0.05, 0) is 13.0 Å². The van der Waals surface area contributed by atoms with Crippen LogP contribution >= 0.6 is 23.4 Å². The smallest absolute Gasteiger partial charge is 0.335 e. The predicted molar refractivity (Wildman–Crippen MR) is 87.8 cm³/mol. The zero-order chi connectivity index (χ0) is 15.6. The molecule has 0 saturated carbocycles. The maximum atomic E-state index is 11.6. The summed E-state index contributed by atoms with van der Waals surface area (Å²) < 4.78 is 0. The number of halogens is 1. The number of benzene rings is 1. The molecule has 0 amide bonds. The van der Waals surface area contributed by atoms with Gasteiger partial charge in [0.15, 0.2) is 5.17 Å². The number of carbonyl (C=O) groups is 1. The molecule has 4 nitrogen and oxygen atoms in total. The topological polar surface area (TPSA) is 61.7 Å². The monoisotopic (exact) mass is 324 g/mol. The highest BCUT2D eigenvalue weighted by atomic mass is 35.5. The second-order valence-corrected chi connectivity index (χ2v) is 6.97. The first kappa shape index (κ1) is 15.9. The summed E-state index contributed by atoms with van der Waals surface area (Å²) in [6.07, 6.45) is 0. The quantitative estimate of drug-likeness (QED) is 0.886. The Morgan fingerprint density at radius 3 is 2.67 bits per heavy atom. The van der Waals surface area contributed by atoms with Crippen LogP contribution in [0.4, 0.5) is 0 Å².